The lowest BCUT2D eigenvalue weighted by atomic mass is 9.92. The van der Waals surface area contributed by atoms with E-state index in [1.54, 1.807) is 36.4 Å². The Morgan fingerprint density at radius 3 is 1.97 bits per heavy atom. The molecule has 3 rings (SSSR count). The normalized spacial score (nSPS) is 13.1. The van der Waals surface area contributed by atoms with Crippen LogP contribution in [0.2, 0.25) is 0 Å². The highest BCUT2D eigenvalue weighted by Crippen LogP contribution is 2.39. The lowest BCUT2D eigenvalue weighted by Crippen LogP contribution is -2.33. The summed E-state index contributed by atoms with van der Waals surface area (Å²) in [5.41, 5.74) is 0.633. The van der Waals surface area contributed by atoms with E-state index in [4.69, 9.17) is 4.74 Å². The first-order chi connectivity index (χ1) is 16.0. The largest absolute Gasteiger partial charge is 0.461 e. The van der Waals surface area contributed by atoms with E-state index in [0.717, 1.165) is 29.8 Å². The molecule has 0 heterocycles. The molecule has 9 heteroatoms. The molecule has 0 aromatic heterocycles. The summed E-state index contributed by atoms with van der Waals surface area (Å²) in [6, 6.07) is 19.7. The van der Waals surface area contributed by atoms with Gasteiger partial charge in [-0.2, -0.15) is 30.7 Å². The summed E-state index contributed by atoms with van der Waals surface area (Å²) in [7, 11) is 0. The van der Waals surface area contributed by atoms with E-state index in [9.17, 15) is 30.7 Å². The van der Waals surface area contributed by atoms with Gasteiger partial charge in [0.2, 0.25) is 0 Å². The van der Waals surface area contributed by atoms with Gasteiger partial charge in [0.1, 0.15) is 17.2 Å². The highest BCUT2D eigenvalue weighted by Gasteiger charge is 2.44. The zero-order chi connectivity index (χ0) is 24.8. The molecule has 0 bridgehead atoms. The van der Waals surface area contributed by atoms with Crippen LogP contribution in [0.15, 0.2) is 78.9 Å². The van der Waals surface area contributed by atoms with Crippen molar-refractivity contribution in [3.8, 4) is 17.2 Å². The molecular weight excluding hydrogens is 465 g/mol. The fraction of sp³-hybridized carbons (Fsp3) is 0.280. The van der Waals surface area contributed by atoms with Crippen molar-refractivity contribution in [2.45, 2.75) is 43.9 Å². The van der Waals surface area contributed by atoms with Gasteiger partial charge in [-0.1, -0.05) is 42.5 Å². The summed E-state index contributed by atoms with van der Waals surface area (Å²) >= 11 is 0. The molecule has 0 aliphatic rings. The maximum atomic E-state index is 13.6. The molecule has 1 unspecified atom stereocenters. The first-order valence-electron chi connectivity index (χ1n) is 10.4. The second kappa shape index (κ2) is 10.8. The minimum absolute atomic E-state index is 0.165. The van der Waals surface area contributed by atoms with Crippen molar-refractivity contribution in [3.63, 3.8) is 0 Å². The Morgan fingerprint density at radius 1 is 0.706 bits per heavy atom. The Balaban J connectivity index is 1.63. The molecule has 3 aromatic rings. The summed E-state index contributed by atoms with van der Waals surface area (Å²) in [6.45, 7) is 0. The summed E-state index contributed by atoms with van der Waals surface area (Å²) in [5.74, 6) is -1.30. The number of rotatable bonds is 10. The van der Waals surface area contributed by atoms with Gasteiger partial charge in [-0.3, -0.25) is 0 Å². The number of hydrogen-bond donors (Lipinski definition) is 0. The lowest BCUT2D eigenvalue weighted by Gasteiger charge is -2.22. The first kappa shape index (κ1) is 25.4. The Kier molecular flexibility index (Phi) is 8.06. The van der Waals surface area contributed by atoms with E-state index in [-0.39, 0.29) is 18.4 Å². The highest BCUT2D eigenvalue weighted by atomic mass is 19.4. The topological polar surface area (TPSA) is 18.5 Å². The molecule has 0 saturated heterocycles. The zero-order valence-electron chi connectivity index (χ0n) is 17.7. The average molecular weight is 486 g/mol. The third kappa shape index (κ3) is 7.13. The van der Waals surface area contributed by atoms with Crippen LogP contribution in [0.3, 0.4) is 0 Å². The SMILES string of the molecule is FC(F)C(F)(F)Oc1ccc(C(CCCc2cccc(Oc3ccccc3)c2)C(F)(F)F)cc1. The van der Waals surface area contributed by atoms with Crippen molar-refractivity contribution in [2.24, 2.45) is 0 Å². The van der Waals surface area contributed by atoms with Gasteiger partial charge in [0.15, 0.2) is 0 Å². The molecule has 0 radical (unpaired) electrons. The van der Waals surface area contributed by atoms with Crippen molar-refractivity contribution in [2.75, 3.05) is 0 Å². The van der Waals surface area contributed by atoms with Gasteiger partial charge in [0.05, 0.1) is 5.92 Å². The zero-order valence-corrected chi connectivity index (χ0v) is 17.7. The predicted molar refractivity (Wildman–Crippen MR) is 113 cm³/mol. The maximum absolute atomic E-state index is 13.6. The van der Waals surface area contributed by atoms with Crippen LogP contribution >= 0.6 is 0 Å². The molecular formula is C25H21F7O2. The maximum Gasteiger partial charge on any atom is 0.461 e. The van der Waals surface area contributed by atoms with E-state index < -0.39 is 30.4 Å². The van der Waals surface area contributed by atoms with Gasteiger partial charge in [-0.15, -0.1) is 0 Å². The van der Waals surface area contributed by atoms with Crippen molar-refractivity contribution >= 4 is 0 Å². The number of aryl methyl sites for hydroxylation is 1. The minimum Gasteiger partial charge on any atom is -0.457 e. The van der Waals surface area contributed by atoms with Crippen LogP contribution < -0.4 is 9.47 Å². The van der Waals surface area contributed by atoms with Gasteiger partial charge in [-0.05, 0) is 66.8 Å². The number of alkyl halides is 7. The number of benzene rings is 3. The number of hydrogen-bond acceptors (Lipinski definition) is 2. The van der Waals surface area contributed by atoms with Gasteiger partial charge in [0.25, 0.3) is 0 Å². The van der Waals surface area contributed by atoms with E-state index in [1.807, 2.05) is 18.2 Å². The molecule has 182 valence electrons. The van der Waals surface area contributed by atoms with Crippen LogP contribution in [-0.2, 0) is 6.42 Å². The van der Waals surface area contributed by atoms with E-state index >= 15 is 0 Å². The summed E-state index contributed by atoms with van der Waals surface area (Å²) in [5, 5.41) is 0. The number of halogens is 7. The van der Waals surface area contributed by atoms with Crippen molar-refractivity contribution in [1.82, 2.24) is 0 Å². The second-order valence-electron chi connectivity index (χ2n) is 7.58. The van der Waals surface area contributed by atoms with Gasteiger partial charge in [0, 0.05) is 0 Å². The summed E-state index contributed by atoms with van der Waals surface area (Å²) < 4.78 is 101. The molecule has 34 heavy (non-hydrogen) atoms. The van der Waals surface area contributed by atoms with Crippen LogP contribution in [0.4, 0.5) is 30.7 Å². The van der Waals surface area contributed by atoms with Crippen molar-refractivity contribution in [1.29, 1.82) is 0 Å². The molecule has 0 aliphatic carbocycles. The van der Waals surface area contributed by atoms with Crippen LogP contribution in [0.5, 0.6) is 17.2 Å². The molecule has 1 atom stereocenters. The Labute approximate surface area is 191 Å². The second-order valence-corrected chi connectivity index (χ2v) is 7.58. The Hall–Kier alpha value is -3.23. The Bertz CT molecular complexity index is 1040. The van der Waals surface area contributed by atoms with Crippen LogP contribution in [0.1, 0.15) is 29.9 Å². The quantitative estimate of drug-likeness (QED) is 0.268. The fourth-order valence-corrected chi connectivity index (χ4v) is 3.39. The molecule has 0 saturated carbocycles. The van der Waals surface area contributed by atoms with Crippen molar-refractivity contribution < 1.29 is 40.2 Å². The van der Waals surface area contributed by atoms with Crippen molar-refractivity contribution in [3.05, 3.63) is 90.0 Å². The minimum atomic E-state index is -4.73. The van der Waals surface area contributed by atoms with Crippen LogP contribution in [0, 0.1) is 0 Å². The van der Waals surface area contributed by atoms with Gasteiger partial charge in [-0.25, -0.2) is 0 Å². The molecule has 3 aromatic carbocycles. The number of para-hydroxylation sites is 1. The molecule has 0 fully saturated rings. The third-order valence-electron chi connectivity index (χ3n) is 5.02. The summed E-state index contributed by atoms with van der Waals surface area (Å²) in [6.07, 6.45) is -13.1. The van der Waals surface area contributed by atoms with E-state index in [0.29, 0.717) is 17.9 Å². The number of ether oxygens (including phenoxy) is 2. The molecule has 2 nitrogen and oxygen atoms in total. The molecule has 0 aliphatic heterocycles. The highest BCUT2D eigenvalue weighted by molar-refractivity contribution is 5.34. The van der Waals surface area contributed by atoms with E-state index in [1.165, 1.54) is 0 Å². The Morgan fingerprint density at radius 2 is 1.35 bits per heavy atom. The van der Waals surface area contributed by atoms with Gasteiger partial charge < -0.3 is 9.47 Å². The van der Waals surface area contributed by atoms with Crippen LogP contribution in [-0.4, -0.2) is 18.7 Å². The lowest BCUT2D eigenvalue weighted by molar-refractivity contribution is -0.253. The van der Waals surface area contributed by atoms with Crippen LogP contribution in [0.25, 0.3) is 0 Å². The fourth-order valence-electron chi connectivity index (χ4n) is 3.39. The standard InChI is InChI=1S/C25H21F7O2/c26-23(27)25(31,32)34-20-14-12-18(13-15-20)22(24(28,29)30)11-5-7-17-6-4-10-21(16-17)33-19-8-2-1-3-9-19/h1-4,6,8-10,12-16,22-23H,5,7,11H2. The predicted octanol–water partition coefficient (Wildman–Crippen LogP) is 8.38. The molecule has 0 spiro atoms. The first-order valence-corrected chi connectivity index (χ1v) is 10.4. The smallest absolute Gasteiger partial charge is 0.457 e. The molecule has 0 amide bonds. The van der Waals surface area contributed by atoms with E-state index in [2.05, 4.69) is 4.74 Å². The average Bonchev–Trinajstić information content (AvgIpc) is 2.77. The van der Waals surface area contributed by atoms with Gasteiger partial charge >= 0.3 is 18.7 Å². The third-order valence-corrected chi connectivity index (χ3v) is 5.02. The summed E-state index contributed by atoms with van der Waals surface area (Å²) in [4.78, 5) is 0. The monoisotopic (exact) mass is 486 g/mol. The molecule has 0 N–H and O–H groups in total.